The molecule has 0 saturated heterocycles. The molecule has 1 amide bonds. The van der Waals surface area contributed by atoms with Crippen LogP contribution >= 0.6 is 0 Å². The maximum absolute atomic E-state index is 13.6. The fraction of sp³-hybridized carbons (Fsp3) is 0.241. The summed E-state index contributed by atoms with van der Waals surface area (Å²) in [6.45, 7) is 5.19. The lowest BCUT2D eigenvalue weighted by molar-refractivity contribution is 0.0745. The fourth-order valence-corrected chi connectivity index (χ4v) is 4.69. The predicted molar refractivity (Wildman–Crippen MR) is 136 cm³/mol. The summed E-state index contributed by atoms with van der Waals surface area (Å²) < 4.78 is 11.1. The Balaban J connectivity index is 1.54. The van der Waals surface area contributed by atoms with Gasteiger partial charge in [0, 0.05) is 17.7 Å². The van der Waals surface area contributed by atoms with E-state index in [0.29, 0.717) is 18.8 Å². The molecule has 6 nitrogen and oxygen atoms in total. The summed E-state index contributed by atoms with van der Waals surface area (Å²) in [4.78, 5) is 15.6. The smallest absolute Gasteiger partial charge is 0.273 e. The molecule has 1 aromatic heterocycles. The number of methoxy groups -OCH3 is 1. The molecule has 0 bridgehead atoms. The summed E-state index contributed by atoms with van der Waals surface area (Å²) in [5.41, 5.74) is 6.61. The molecule has 35 heavy (non-hydrogen) atoms. The van der Waals surface area contributed by atoms with Crippen LogP contribution in [0.5, 0.6) is 11.5 Å². The monoisotopic (exact) mass is 467 g/mol. The van der Waals surface area contributed by atoms with Crippen molar-refractivity contribution in [1.29, 1.82) is 0 Å². The van der Waals surface area contributed by atoms with Crippen molar-refractivity contribution in [1.82, 2.24) is 15.1 Å². The second kappa shape index (κ2) is 9.66. The number of nitrogens with one attached hydrogen (secondary N) is 1. The Morgan fingerprint density at radius 1 is 1.00 bits per heavy atom. The maximum atomic E-state index is 13.6. The average molecular weight is 468 g/mol. The second-order valence-corrected chi connectivity index (χ2v) is 8.73. The van der Waals surface area contributed by atoms with E-state index >= 15 is 0 Å². The van der Waals surface area contributed by atoms with Gasteiger partial charge >= 0.3 is 0 Å². The number of aromatic nitrogens is 2. The van der Waals surface area contributed by atoms with Crippen LogP contribution in [0.25, 0.3) is 11.3 Å². The minimum Gasteiger partial charge on any atom is -0.497 e. The summed E-state index contributed by atoms with van der Waals surface area (Å²) in [6, 6.07) is 24.0. The lowest BCUT2D eigenvalue weighted by atomic mass is 9.95. The second-order valence-electron chi connectivity index (χ2n) is 8.73. The Bertz CT molecular complexity index is 1330. The van der Waals surface area contributed by atoms with Gasteiger partial charge in [0.05, 0.1) is 25.5 Å². The van der Waals surface area contributed by atoms with Crippen LogP contribution in [-0.4, -0.2) is 41.3 Å². The number of hydrogen-bond donors (Lipinski definition) is 1. The Morgan fingerprint density at radius 3 is 2.49 bits per heavy atom. The highest BCUT2D eigenvalue weighted by Gasteiger charge is 2.42. The van der Waals surface area contributed by atoms with E-state index < -0.39 is 0 Å². The SMILES string of the molecule is CCOc1cccc(C2c3c(-c4ccc(C)cc4)n[nH]c3C(=O)N2CCc2ccc(OC)cc2)c1. The molecule has 0 aliphatic carbocycles. The Kier molecular flexibility index (Phi) is 6.27. The van der Waals surface area contributed by atoms with Gasteiger partial charge in [-0.3, -0.25) is 9.89 Å². The Morgan fingerprint density at radius 2 is 1.77 bits per heavy atom. The molecular weight excluding hydrogens is 438 g/mol. The zero-order chi connectivity index (χ0) is 24.4. The predicted octanol–water partition coefficient (Wildman–Crippen LogP) is 5.58. The number of carbonyl (C=O) groups is 1. The van der Waals surface area contributed by atoms with Gasteiger partial charge in [0.15, 0.2) is 0 Å². The Hall–Kier alpha value is -4.06. The third-order valence-corrected chi connectivity index (χ3v) is 6.47. The summed E-state index contributed by atoms with van der Waals surface area (Å²) in [5, 5.41) is 7.62. The zero-order valence-corrected chi connectivity index (χ0v) is 20.2. The van der Waals surface area contributed by atoms with Gasteiger partial charge < -0.3 is 14.4 Å². The fourth-order valence-electron chi connectivity index (χ4n) is 4.69. The van der Waals surface area contributed by atoms with Gasteiger partial charge in [-0.15, -0.1) is 0 Å². The molecule has 1 aliphatic rings. The van der Waals surface area contributed by atoms with E-state index in [1.54, 1.807) is 7.11 Å². The van der Waals surface area contributed by atoms with Gasteiger partial charge in [-0.2, -0.15) is 5.10 Å². The first-order valence-electron chi connectivity index (χ1n) is 11.9. The summed E-state index contributed by atoms with van der Waals surface area (Å²) >= 11 is 0. The largest absolute Gasteiger partial charge is 0.497 e. The number of carbonyl (C=O) groups excluding carboxylic acids is 1. The van der Waals surface area contributed by atoms with Crippen molar-refractivity contribution in [3.63, 3.8) is 0 Å². The number of hydrogen-bond acceptors (Lipinski definition) is 4. The lowest BCUT2D eigenvalue weighted by Gasteiger charge is -2.27. The van der Waals surface area contributed by atoms with Crippen molar-refractivity contribution in [2.24, 2.45) is 0 Å². The molecule has 4 aromatic rings. The van der Waals surface area contributed by atoms with E-state index in [4.69, 9.17) is 9.47 Å². The minimum atomic E-state index is -0.258. The molecule has 1 aliphatic heterocycles. The highest BCUT2D eigenvalue weighted by molar-refractivity contribution is 6.00. The van der Waals surface area contributed by atoms with Crippen molar-refractivity contribution in [3.05, 3.63) is 101 Å². The zero-order valence-electron chi connectivity index (χ0n) is 20.2. The standard InChI is InChI=1S/C29H29N3O3/c1-4-35-24-7-5-6-22(18-24)28-25-26(21-12-8-19(2)9-13-21)30-31-27(25)29(33)32(28)17-16-20-10-14-23(34-3)15-11-20/h5-15,18,28H,4,16-17H2,1-3H3,(H,30,31). The van der Waals surface area contributed by atoms with Crippen LogP contribution < -0.4 is 9.47 Å². The number of H-pyrrole nitrogens is 1. The molecule has 5 rings (SSSR count). The van der Waals surface area contributed by atoms with Gasteiger partial charge in [0.2, 0.25) is 0 Å². The molecular formula is C29H29N3O3. The van der Waals surface area contributed by atoms with Crippen molar-refractivity contribution < 1.29 is 14.3 Å². The van der Waals surface area contributed by atoms with E-state index in [9.17, 15) is 4.79 Å². The van der Waals surface area contributed by atoms with Crippen LogP contribution in [0.2, 0.25) is 0 Å². The van der Waals surface area contributed by atoms with Crippen LogP contribution in [0.15, 0.2) is 72.8 Å². The quantitative estimate of drug-likeness (QED) is 0.367. The van der Waals surface area contributed by atoms with Crippen LogP contribution in [-0.2, 0) is 6.42 Å². The molecule has 0 spiro atoms. The van der Waals surface area contributed by atoms with Gasteiger partial charge in [-0.05, 0) is 55.7 Å². The first kappa shape index (κ1) is 22.7. The third-order valence-electron chi connectivity index (χ3n) is 6.47. The average Bonchev–Trinajstić information content (AvgIpc) is 3.42. The molecule has 2 heterocycles. The number of nitrogens with zero attached hydrogens (tertiary/aromatic N) is 2. The highest BCUT2D eigenvalue weighted by Crippen LogP contribution is 2.43. The summed E-state index contributed by atoms with van der Waals surface area (Å²) in [7, 11) is 1.66. The molecule has 1 N–H and O–H groups in total. The maximum Gasteiger partial charge on any atom is 0.273 e. The number of aromatic amines is 1. The first-order valence-corrected chi connectivity index (χ1v) is 11.9. The topological polar surface area (TPSA) is 67.5 Å². The number of aryl methyl sites for hydroxylation is 1. The third kappa shape index (κ3) is 4.39. The van der Waals surface area contributed by atoms with Crippen molar-refractivity contribution >= 4 is 5.91 Å². The van der Waals surface area contributed by atoms with Gasteiger partial charge in [0.25, 0.3) is 5.91 Å². The van der Waals surface area contributed by atoms with Crippen molar-refractivity contribution in [3.8, 4) is 22.8 Å². The molecule has 3 aromatic carbocycles. The van der Waals surface area contributed by atoms with Crippen LogP contribution in [0, 0.1) is 6.92 Å². The summed E-state index contributed by atoms with van der Waals surface area (Å²) in [5.74, 6) is 1.58. The molecule has 0 fully saturated rings. The Labute approximate surface area is 205 Å². The van der Waals surface area contributed by atoms with Gasteiger partial charge in [-0.25, -0.2) is 0 Å². The number of ether oxygens (including phenoxy) is 2. The lowest BCUT2D eigenvalue weighted by Crippen LogP contribution is -2.31. The van der Waals surface area contributed by atoms with Crippen molar-refractivity contribution in [2.45, 2.75) is 26.3 Å². The van der Waals surface area contributed by atoms with Crippen LogP contribution in [0.4, 0.5) is 0 Å². The van der Waals surface area contributed by atoms with E-state index in [1.807, 2.05) is 54.3 Å². The molecule has 1 atom stereocenters. The number of rotatable bonds is 8. The summed E-state index contributed by atoms with van der Waals surface area (Å²) in [6.07, 6.45) is 0.731. The van der Waals surface area contributed by atoms with Crippen molar-refractivity contribution in [2.75, 3.05) is 20.3 Å². The first-order chi connectivity index (χ1) is 17.1. The number of fused-ring (bicyclic) bond motifs is 1. The molecule has 0 radical (unpaired) electrons. The van der Waals surface area contributed by atoms with E-state index in [2.05, 4.69) is 47.5 Å². The normalized spacial score (nSPS) is 14.8. The van der Waals surface area contributed by atoms with E-state index in [1.165, 1.54) is 5.56 Å². The molecule has 1 unspecified atom stereocenters. The molecule has 0 saturated carbocycles. The number of amides is 1. The van der Waals surface area contributed by atoms with Gasteiger partial charge in [-0.1, -0.05) is 54.1 Å². The van der Waals surface area contributed by atoms with Gasteiger partial charge in [0.1, 0.15) is 17.2 Å². The minimum absolute atomic E-state index is 0.0359. The van der Waals surface area contributed by atoms with Crippen LogP contribution in [0.1, 0.15) is 45.7 Å². The van der Waals surface area contributed by atoms with E-state index in [0.717, 1.165) is 45.9 Å². The highest BCUT2D eigenvalue weighted by atomic mass is 16.5. The van der Waals surface area contributed by atoms with E-state index in [-0.39, 0.29) is 11.9 Å². The van der Waals surface area contributed by atoms with Crippen LogP contribution in [0.3, 0.4) is 0 Å². The molecule has 6 heteroatoms. The molecule has 178 valence electrons. The number of benzene rings is 3.